The minimum atomic E-state index is -3.83. The van der Waals surface area contributed by atoms with Gasteiger partial charge in [0.25, 0.3) is 5.69 Å². The van der Waals surface area contributed by atoms with E-state index in [0.29, 0.717) is 28.8 Å². The van der Waals surface area contributed by atoms with Gasteiger partial charge >= 0.3 is 5.97 Å². The minimum absolute atomic E-state index is 0.138. The van der Waals surface area contributed by atoms with E-state index in [-0.39, 0.29) is 12.2 Å². The van der Waals surface area contributed by atoms with Crippen molar-refractivity contribution < 1.29 is 32.3 Å². The number of aromatic nitrogens is 1. The van der Waals surface area contributed by atoms with Gasteiger partial charge in [-0.1, -0.05) is 0 Å². The third-order valence-electron chi connectivity index (χ3n) is 4.40. The molecular weight excluding hydrogens is 472 g/mol. The number of carbonyl (C=O) groups excluding carboxylic acids is 1. The van der Waals surface area contributed by atoms with E-state index in [2.05, 4.69) is 4.98 Å². The van der Waals surface area contributed by atoms with Crippen molar-refractivity contribution in [2.24, 2.45) is 0 Å². The molecule has 3 rings (SSSR count). The Kier molecular flexibility index (Phi) is 7.29. The van der Waals surface area contributed by atoms with Crippen LogP contribution in [0.15, 0.2) is 46.7 Å². The summed E-state index contributed by atoms with van der Waals surface area (Å²) in [6.45, 7) is 2.22. The zero-order valence-corrected chi connectivity index (χ0v) is 19.6. The largest absolute Gasteiger partial charge is 0.493 e. The number of thiazole rings is 1. The molecule has 174 valence electrons. The van der Waals surface area contributed by atoms with Crippen molar-refractivity contribution in [3.63, 3.8) is 0 Å². The van der Waals surface area contributed by atoms with Crippen molar-refractivity contribution in [2.75, 3.05) is 20.0 Å². The molecule has 0 saturated carbocycles. The fourth-order valence-electron chi connectivity index (χ4n) is 2.90. The van der Waals surface area contributed by atoms with Crippen molar-refractivity contribution in [2.45, 2.75) is 18.4 Å². The molecule has 12 heteroatoms. The molecule has 0 amide bonds. The van der Waals surface area contributed by atoms with Crippen molar-refractivity contribution in [1.82, 2.24) is 4.98 Å². The molecule has 3 aromatic rings. The van der Waals surface area contributed by atoms with Crippen LogP contribution >= 0.6 is 11.3 Å². The molecule has 0 unspecified atom stereocenters. The van der Waals surface area contributed by atoms with E-state index in [9.17, 15) is 23.3 Å². The van der Waals surface area contributed by atoms with Gasteiger partial charge in [-0.25, -0.2) is 18.2 Å². The maximum absolute atomic E-state index is 12.4. The Bertz CT molecular complexity index is 1300. The van der Waals surface area contributed by atoms with Crippen LogP contribution in [-0.2, 0) is 21.2 Å². The van der Waals surface area contributed by atoms with Crippen LogP contribution in [0.25, 0.3) is 10.6 Å². The number of rotatable bonds is 9. The van der Waals surface area contributed by atoms with E-state index in [4.69, 9.17) is 14.2 Å². The van der Waals surface area contributed by atoms with Crippen LogP contribution in [0.5, 0.6) is 11.5 Å². The molecular formula is C21H20N2O8S2. The molecule has 10 nitrogen and oxygen atoms in total. The van der Waals surface area contributed by atoms with E-state index < -0.39 is 31.3 Å². The van der Waals surface area contributed by atoms with E-state index in [1.165, 1.54) is 17.4 Å². The Labute approximate surface area is 193 Å². The number of sulfone groups is 1. The lowest BCUT2D eigenvalue weighted by molar-refractivity contribution is -0.387. The molecule has 0 spiro atoms. The van der Waals surface area contributed by atoms with Gasteiger partial charge in [0.1, 0.15) is 16.5 Å². The van der Waals surface area contributed by atoms with Gasteiger partial charge in [0, 0.05) is 23.3 Å². The normalized spacial score (nSPS) is 11.1. The molecule has 0 atom stereocenters. The highest BCUT2D eigenvalue weighted by atomic mass is 32.2. The summed E-state index contributed by atoms with van der Waals surface area (Å²) in [4.78, 5) is 26.7. The topological polar surface area (TPSA) is 135 Å². The van der Waals surface area contributed by atoms with Crippen LogP contribution in [0, 0.1) is 10.1 Å². The fraction of sp³-hybridized carbons (Fsp3) is 0.238. The van der Waals surface area contributed by atoms with E-state index in [0.717, 1.165) is 24.0 Å². The molecule has 0 aliphatic rings. The van der Waals surface area contributed by atoms with Gasteiger partial charge in [-0.2, -0.15) is 0 Å². The van der Waals surface area contributed by atoms with Crippen molar-refractivity contribution in [3.05, 3.63) is 63.1 Å². The van der Waals surface area contributed by atoms with E-state index in [1.54, 1.807) is 24.6 Å². The molecule has 1 heterocycles. The first kappa shape index (κ1) is 24.1. The molecule has 0 aliphatic heterocycles. The van der Waals surface area contributed by atoms with Gasteiger partial charge in [0.15, 0.2) is 21.3 Å². The summed E-state index contributed by atoms with van der Waals surface area (Å²) in [6.07, 6.45) is 0.854. The van der Waals surface area contributed by atoms with Crippen LogP contribution in [-0.4, -0.2) is 44.3 Å². The fourth-order valence-corrected chi connectivity index (χ4v) is 4.53. The lowest BCUT2D eigenvalue weighted by Crippen LogP contribution is -2.08. The Balaban J connectivity index is 1.74. The van der Waals surface area contributed by atoms with Crippen molar-refractivity contribution in [1.29, 1.82) is 0 Å². The van der Waals surface area contributed by atoms with E-state index >= 15 is 0 Å². The lowest BCUT2D eigenvalue weighted by Gasteiger charge is -2.10. The first-order chi connectivity index (χ1) is 15.6. The summed E-state index contributed by atoms with van der Waals surface area (Å²) >= 11 is 1.34. The second-order valence-electron chi connectivity index (χ2n) is 6.73. The third-order valence-corrected chi connectivity index (χ3v) is 6.49. The van der Waals surface area contributed by atoms with Gasteiger partial charge in [-0.05, 0) is 37.3 Å². The third kappa shape index (κ3) is 5.65. The highest BCUT2D eigenvalue weighted by Crippen LogP contribution is 2.34. The summed E-state index contributed by atoms with van der Waals surface area (Å²) in [5.41, 5.74) is 0.455. The number of nitro benzene ring substituents is 1. The number of nitrogens with zero attached hydrogens (tertiary/aromatic N) is 2. The number of hydrogen-bond acceptors (Lipinski definition) is 10. The summed E-state index contributed by atoms with van der Waals surface area (Å²) in [7, 11) is -2.29. The highest BCUT2D eigenvalue weighted by molar-refractivity contribution is 7.90. The van der Waals surface area contributed by atoms with Gasteiger partial charge in [-0.3, -0.25) is 10.1 Å². The average Bonchev–Trinajstić information content (AvgIpc) is 3.26. The maximum Gasteiger partial charge on any atom is 0.338 e. The number of methoxy groups -OCH3 is 1. The van der Waals surface area contributed by atoms with Crippen molar-refractivity contribution >= 4 is 32.8 Å². The number of nitro groups is 1. The van der Waals surface area contributed by atoms with E-state index in [1.807, 2.05) is 13.0 Å². The predicted molar refractivity (Wildman–Crippen MR) is 121 cm³/mol. The summed E-state index contributed by atoms with van der Waals surface area (Å²) in [5.74, 6) is 0.345. The second-order valence-corrected chi connectivity index (χ2v) is 9.57. The number of ether oxygens (including phenoxy) is 3. The Morgan fingerprint density at radius 1 is 1.18 bits per heavy atom. The second kappa shape index (κ2) is 9.96. The number of esters is 1. The standard InChI is InChI=1S/C21H20N2O8S2/c1-4-30-17-7-5-13(10-18(17)29-2)20-22-15(12-32-20)11-31-21(24)14-6-8-19(33(3,27)28)16(9-14)23(25)26/h5-10,12H,4,11H2,1-3H3. The SMILES string of the molecule is CCOc1ccc(-c2nc(COC(=O)c3ccc(S(C)(=O)=O)c([N+](=O)[O-])c3)cs2)cc1OC. The number of hydrogen-bond donors (Lipinski definition) is 0. The molecule has 2 aromatic carbocycles. The van der Waals surface area contributed by atoms with Crippen LogP contribution in [0.3, 0.4) is 0 Å². The summed E-state index contributed by atoms with van der Waals surface area (Å²) in [5, 5.41) is 13.6. The average molecular weight is 493 g/mol. The molecule has 33 heavy (non-hydrogen) atoms. The molecule has 0 bridgehead atoms. The maximum atomic E-state index is 12.4. The molecule has 0 aliphatic carbocycles. The first-order valence-electron chi connectivity index (χ1n) is 9.55. The van der Waals surface area contributed by atoms with Crippen LogP contribution in [0.1, 0.15) is 23.0 Å². The molecule has 1 aromatic heterocycles. The highest BCUT2D eigenvalue weighted by Gasteiger charge is 2.24. The number of benzene rings is 2. The summed E-state index contributed by atoms with van der Waals surface area (Å²) < 4.78 is 39.5. The smallest absolute Gasteiger partial charge is 0.338 e. The zero-order chi connectivity index (χ0) is 24.2. The van der Waals surface area contributed by atoms with Gasteiger partial charge < -0.3 is 14.2 Å². The monoisotopic (exact) mass is 492 g/mol. The number of carbonyl (C=O) groups is 1. The molecule has 0 fully saturated rings. The van der Waals surface area contributed by atoms with Gasteiger partial charge in [0.2, 0.25) is 0 Å². The Hall–Kier alpha value is -3.51. The lowest BCUT2D eigenvalue weighted by atomic mass is 10.2. The van der Waals surface area contributed by atoms with Crippen LogP contribution in [0.4, 0.5) is 5.69 Å². The van der Waals surface area contributed by atoms with Crippen LogP contribution < -0.4 is 9.47 Å². The Morgan fingerprint density at radius 3 is 2.58 bits per heavy atom. The summed E-state index contributed by atoms with van der Waals surface area (Å²) in [6, 6.07) is 8.49. The molecule has 0 N–H and O–H groups in total. The Morgan fingerprint density at radius 2 is 1.94 bits per heavy atom. The predicted octanol–water partition coefficient (Wildman–Crippen LogP) is 3.89. The zero-order valence-electron chi connectivity index (χ0n) is 17.9. The quantitative estimate of drug-likeness (QED) is 0.248. The van der Waals surface area contributed by atoms with Gasteiger partial charge in [-0.15, -0.1) is 11.3 Å². The molecule has 0 saturated heterocycles. The molecule has 0 radical (unpaired) electrons. The van der Waals surface area contributed by atoms with Gasteiger partial charge in [0.05, 0.1) is 29.9 Å². The van der Waals surface area contributed by atoms with Crippen LogP contribution in [0.2, 0.25) is 0 Å². The first-order valence-corrected chi connectivity index (χ1v) is 12.3. The van der Waals surface area contributed by atoms with Crippen molar-refractivity contribution in [3.8, 4) is 22.1 Å². The minimum Gasteiger partial charge on any atom is -0.493 e.